The topological polar surface area (TPSA) is 96.0 Å². The Labute approximate surface area is 206 Å². The highest BCUT2D eigenvalue weighted by Gasteiger charge is 2.17. The standard InChI is InChI=1S/C29H23N7/c1-15(2)29-35-26-20-7-4-19(13-21(20)25-27(28(26)36-29)31-11-10-30-25)23-8-5-17-12-18(6-9-22(17)34-23)24-14-32-16(3)33-24/h4-15H,1-3H3,(H,32,33)(H,35,36). The number of rotatable bonds is 3. The molecule has 0 spiro atoms. The van der Waals surface area contributed by atoms with Gasteiger partial charge >= 0.3 is 0 Å². The van der Waals surface area contributed by atoms with Crippen LogP contribution in [-0.4, -0.2) is 34.9 Å². The Morgan fingerprint density at radius 2 is 1.56 bits per heavy atom. The van der Waals surface area contributed by atoms with Crippen molar-refractivity contribution in [3.05, 3.63) is 78.8 Å². The number of imidazole rings is 2. The molecule has 2 N–H and O–H groups in total. The van der Waals surface area contributed by atoms with Crippen molar-refractivity contribution in [2.75, 3.05) is 0 Å². The number of hydrogen-bond donors (Lipinski definition) is 2. The predicted octanol–water partition coefficient (Wildman–Crippen LogP) is 6.70. The smallest absolute Gasteiger partial charge is 0.115 e. The van der Waals surface area contributed by atoms with Crippen LogP contribution in [-0.2, 0) is 0 Å². The van der Waals surface area contributed by atoms with E-state index in [1.165, 1.54) is 0 Å². The predicted molar refractivity (Wildman–Crippen MR) is 144 cm³/mol. The molecule has 7 rings (SSSR count). The molecule has 36 heavy (non-hydrogen) atoms. The number of aromatic amines is 2. The zero-order chi connectivity index (χ0) is 24.4. The molecule has 3 aromatic carbocycles. The van der Waals surface area contributed by atoms with Gasteiger partial charge in [-0.2, -0.15) is 0 Å². The second-order valence-electron chi connectivity index (χ2n) is 9.50. The van der Waals surface area contributed by atoms with E-state index in [9.17, 15) is 0 Å². The maximum Gasteiger partial charge on any atom is 0.115 e. The number of nitrogens with zero attached hydrogens (tertiary/aromatic N) is 5. The Bertz CT molecular complexity index is 1940. The molecule has 0 aliphatic rings. The van der Waals surface area contributed by atoms with Gasteiger partial charge in [0.15, 0.2) is 0 Å². The van der Waals surface area contributed by atoms with Gasteiger partial charge in [0, 0.05) is 45.6 Å². The van der Waals surface area contributed by atoms with E-state index in [2.05, 4.69) is 82.3 Å². The summed E-state index contributed by atoms with van der Waals surface area (Å²) >= 11 is 0. The second kappa shape index (κ2) is 7.68. The van der Waals surface area contributed by atoms with Gasteiger partial charge in [0.1, 0.15) is 17.2 Å². The van der Waals surface area contributed by atoms with Crippen LogP contribution in [0.3, 0.4) is 0 Å². The molecule has 0 bridgehead atoms. The number of hydrogen-bond acceptors (Lipinski definition) is 5. The van der Waals surface area contributed by atoms with Crippen LogP contribution in [0, 0.1) is 6.92 Å². The molecule has 0 amide bonds. The summed E-state index contributed by atoms with van der Waals surface area (Å²) in [6.45, 7) is 6.23. The molecule has 174 valence electrons. The van der Waals surface area contributed by atoms with Crippen LogP contribution >= 0.6 is 0 Å². The largest absolute Gasteiger partial charge is 0.342 e. The lowest BCUT2D eigenvalue weighted by atomic mass is 10.0. The van der Waals surface area contributed by atoms with Crippen molar-refractivity contribution in [1.82, 2.24) is 34.9 Å². The van der Waals surface area contributed by atoms with Gasteiger partial charge in [-0.3, -0.25) is 9.97 Å². The number of fused-ring (bicyclic) bond motifs is 7. The molecule has 0 saturated heterocycles. The fourth-order valence-electron chi connectivity index (χ4n) is 4.88. The molecule has 7 heteroatoms. The van der Waals surface area contributed by atoms with Crippen LogP contribution in [0.5, 0.6) is 0 Å². The van der Waals surface area contributed by atoms with Crippen LogP contribution in [0.25, 0.3) is 66.3 Å². The minimum Gasteiger partial charge on any atom is -0.342 e. The lowest BCUT2D eigenvalue weighted by molar-refractivity contribution is 0.799. The van der Waals surface area contributed by atoms with Crippen LogP contribution in [0.1, 0.15) is 31.4 Å². The van der Waals surface area contributed by atoms with E-state index in [0.717, 1.165) is 77.9 Å². The zero-order valence-corrected chi connectivity index (χ0v) is 20.2. The van der Waals surface area contributed by atoms with Gasteiger partial charge in [-0.1, -0.05) is 38.1 Å². The van der Waals surface area contributed by atoms with E-state index in [-0.39, 0.29) is 5.92 Å². The Balaban J connectivity index is 1.39. The fraction of sp³-hybridized carbons (Fsp3) is 0.138. The third-order valence-corrected chi connectivity index (χ3v) is 6.73. The summed E-state index contributed by atoms with van der Waals surface area (Å²) in [5.74, 6) is 2.15. The minimum atomic E-state index is 0.290. The van der Waals surface area contributed by atoms with Gasteiger partial charge in [-0.05, 0) is 31.2 Å². The summed E-state index contributed by atoms with van der Waals surface area (Å²) in [6, 6.07) is 16.9. The van der Waals surface area contributed by atoms with E-state index in [4.69, 9.17) is 15.0 Å². The molecule has 4 heterocycles. The van der Waals surface area contributed by atoms with Crippen LogP contribution < -0.4 is 0 Å². The quantitative estimate of drug-likeness (QED) is 0.281. The number of nitrogens with one attached hydrogen (secondary N) is 2. The highest BCUT2D eigenvalue weighted by molar-refractivity contribution is 6.21. The lowest BCUT2D eigenvalue weighted by Gasteiger charge is -2.08. The Morgan fingerprint density at radius 1 is 0.722 bits per heavy atom. The van der Waals surface area contributed by atoms with E-state index in [1.807, 2.05) is 13.1 Å². The number of benzene rings is 3. The first-order valence-corrected chi connectivity index (χ1v) is 12.0. The molecule has 0 saturated carbocycles. The normalized spacial score (nSPS) is 12.0. The van der Waals surface area contributed by atoms with Crippen LogP contribution in [0.2, 0.25) is 0 Å². The van der Waals surface area contributed by atoms with Crippen LogP contribution in [0.15, 0.2) is 67.1 Å². The molecule has 0 atom stereocenters. The zero-order valence-electron chi connectivity index (χ0n) is 20.2. The molecule has 0 fully saturated rings. The van der Waals surface area contributed by atoms with Crippen molar-refractivity contribution in [2.24, 2.45) is 0 Å². The second-order valence-corrected chi connectivity index (χ2v) is 9.50. The van der Waals surface area contributed by atoms with Gasteiger partial charge in [-0.15, -0.1) is 0 Å². The molecular formula is C29H23N7. The van der Waals surface area contributed by atoms with E-state index < -0.39 is 0 Å². The summed E-state index contributed by atoms with van der Waals surface area (Å²) in [5.41, 5.74) is 8.56. The lowest BCUT2D eigenvalue weighted by Crippen LogP contribution is -1.90. The van der Waals surface area contributed by atoms with Crippen molar-refractivity contribution < 1.29 is 0 Å². The summed E-state index contributed by atoms with van der Waals surface area (Å²) in [7, 11) is 0. The van der Waals surface area contributed by atoms with Crippen molar-refractivity contribution in [1.29, 1.82) is 0 Å². The third-order valence-electron chi connectivity index (χ3n) is 6.73. The number of aryl methyl sites for hydroxylation is 1. The number of aromatic nitrogens is 7. The molecule has 0 radical (unpaired) electrons. The maximum absolute atomic E-state index is 4.98. The van der Waals surface area contributed by atoms with Crippen molar-refractivity contribution >= 4 is 43.7 Å². The molecule has 0 aliphatic carbocycles. The summed E-state index contributed by atoms with van der Waals surface area (Å²) < 4.78 is 0. The first-order chi connectivity index (χ1) is 17.5. The molecule has 0 unspecified atom stereocenters. The van der Waals surface area contributed by atoms with E-state index in [0.29, 0.717) is 0 Å². The number of pyridine rings is 1. The SMILES string of the molecule is Cc1ncc(-c2ccc3nc(-c4ccc5c(c4)c4nccnc4c4[nH]c(C(C)C)nc54)ccc3c2)[nH]1. The van der Waals surface area contributed by atoms with Crippen molar-refractivity contribution in [2.45, 2.75) is 26.7 Å². The Morgan fingerprint density at radius 3 is 2.36 bits per heavy atom. The molecule has 4 aromatic heterocycles. The van der Waals surface area contributed by atoms with Gasteiger partial charge in [0.2, 0.25) is 0 Å². The minimum absolute atomic E-state index is 0.290. The van der Waals surface area contributed by atoms with Crippen molar-refractivity contribution in [3.63, 3.8) is 0 Å². The average molecular weight is 470 g/mol. The number of H-pyrrole nitrogens is 2. The monoisotopic (exact) mass is 469 g/mol. The highest BCUT2D eigenvalue weighted by Crippen LogP contribution is 2.35. The molecule has 7 aromatic rings. The summed E-state index contributed by atoms with van der Waals surface area (Å²) in [6.07, 6.45) is 5.34. The first-order valence-electron chi connectivity index (χ1n) is 12.0. The Kier molecular flexibility index (Phi) is 4.42. The summed E-state index contributed by atoms with van der Waals surface area (Å²) in [5, 5.41) is 3.17. The van der Waals surface area contributed by atoms with Gasteiger partial charge in [0.05, 0.1) is 39.7 Å². The van der Waals surface area contributed by atoms with Gasteiger partial charge in [0.25, 0.3) is 0 Å². The fourth-order valence-corrected chi connectivity index (χ4v) is 4.88. The van der Waals surface area contributed by atoms with Gasteiger partial charge < -0.3 is 9.97 Å². The molecular weight excluding hydrogens is 446 g/mol. The maximum atomic E-state index is 4.98. The molecule has 0 aliphatic heterocycles. The summed E-state index contributed by atoms with van der Waals surface area (Å²) in [4.78, 5) is 30.3. The third kappa shape index (κ3) is 3.16. The van der Waals surface area contributed by atoms with E-state index in [1.54, 1.807) is 12.4 Å². The van der Waals surface area contributed by atoms with Gasteiger partial charge in [-0.25, -0.2) is 15.0 Å². The first kappa shape index (κ1) is 20.7. The van der Waals surface area contributed by atoms with Crippen LogP contribution in [0.4, 0.5) is 0 Å². The highest BCUT2D eigenvalue weighted by atomic mass is 14.9. The molecule has 7 nitrogen and oxygen atoms in total. The Hall–Kier alpha value is -4.65. The van der Waals surface area contributed by atoms with Crippen molar-refractivity contribution in [3.8, 4) is 22.5 Å². The average Bonchev–Trinajstić information content (AvgIpc) is 3.55. The van der Waals surface area contributed by atoms with E-state index >= 15 is 0 Å².